The summed E-state index contributed by atoms with van der Waals surface area (Å²) in [7, 11) is 1.56. The van der Waals surface area contributed by atoms with Crippen LogP contribution in [0.2, 0.25) is 0 Å². The van der Waals surface area contributed by atoms with Gasteiger partial charge >= 0.3 is 0 Å². The maximum absolute atomic E-state index is 12.5. The van der Waals surface area contributed by atoms with Gasteiger partial charge in [-0.2, -0.15) is 0 Å². The fourth-order valence-corrected chi connectivity index (χ4v) is 3.21. The molecule has 148 valence electrons. The Morgan fingerprint density at radius 3 is 2.30 bits per heavy atom. The van der Waals surface area contributed by atoms with E-state index in [-0.39, 0.29) is 17.7 Å². The number of ether oxygens (including phenoxy) is 1. The Morgan fingerprint density at radius 2 is 1.74 bits per heavy atom. The Hall–Kier alpha value is -2.35. The van der Waals surface area contributed by atoms with E-state index < -0.39 is 6.04 Å². The predicted octanol–water partition coefficient (Wildman–Crippen LogP) is 1.89. The fourth-order valence-electron chi connectivity index (χ4n) is 2.99. The summed E-state index contributed by atoms with van der Waals surface area (Å²) in [6.07, 6.45) is 4.56. The number of hydrazine groups is 1. The van der Waals surface area contributed by atoms with Gasteiger partial charge in [0, 0.05) is 11.6 Å². The molecule has 4 N–H and O–H groups in total. The molecule has 1 atom stereocenters. The van der Waals surface area contributed by atoms with Crippen LogP contribution in [0.25, 0.3) is 0 Å². The van der Waals surface area contributed by atoms with E-state index in [4.69, 9.17) is 17.0 Å². The third kappa shape index (κ3) is 6.39. The van der Waals surface area contributed by atoms with Crippen molar-refractivity contribution in [2.24, 2.45) is 5.92 Å². The van der Waals surface area contributed by atoms with E-state index in [0.29, 0.717) is 22.5 Å². The zero-order valence-electron chi connectivity index (χ0n) is 16.0. The van der Waals surface area contributed by atoms with Gasteiger partial charge in [0.1, 0.15) is 11.8 Å². The quantitative estimate of drug-likeness (QED) is 0.437. The Kier molecular flexibility index (Phi) is 7.84. The summed E-state index contributed by atoms with van der Waals surface area (Å²) >= 11 is 5.21. The molecule has 0 heterocycles. The molecule has 0 aromatic heterocycles. The maximum Gasteiger partial charge on any atom is 0.261 e. The SMILES string of the molecule is COc1ccc(C(=O)N[C@H](C(=O)NNC(=S)NC2CCCC2)C(C)C)cc1. The second-order valence-corrected chi connectivity index (χ2v) is 7.40. The molecule has 0 radical (unpaired) electrons. The van der Waals surface area contributed by atoms with Gasteiger partial charge in [0.2, 0.25) is 0 Å². The fraction of sp³-hybridized carbons (Fsp3) is 0.526. The van der Waals surface area contributed by atoms with Crippen LogP contribution in [-0.4, -0.2) is 36.1 Å². The first-order valence-electron chi connectivity index (χ1n) is 9.22. The minimum Gasteiger partial charge on any atom is -0.497 e. The van der Waals surface area contributed by atoms with Gasteiger partial charge in [-0.3, -0.25) is 20.4 Å². The highest BCUT2D eigenvalue weighted by molar-refractivity contribution is 7.80. The highest BCUT2D eigenvalue weighted by Crippen LogP contribution is 2.17. The molecule has 1 fully saturated rings. The average molecular weight is 393 g/mol. The predicted molar refractivity (Wildman–Crippen MR) is 108 cm³/mol. The first kappa shape index (κ1) is 21.0. The number of rotatable bonds is 6. The molecule has 2 rings (SSSR count). The molecule has 0 unspecified atom stereocenters. The monoisotopic (exact) mass is 392 g/mol. The first-order chi connectivity index (χ1) is 12.9. The molecule has 1 aliphatic rings. The van der Waals surface area contributed by atoms with Crippen molar-refractivity contribution in [1.29, 1.82) is 0 Å². The molecule has 8 heteroatoms. The van der Waals surface area contributed by atoms with Crippen molar-refractivity contribution in [2.45, 2.75) is 51.6 Å². The summed E-state index contributed by atoms with van der Waals surface area (Å²) in [5, 5.41) is 6.35. The lowest BCUT2D eigenvalue weighted by molar-refractivity contribution is -0.124. The minimum atomic E-state index is -0.693. The summed E-state index contributed by atoms with van der Waals surface area (Å²) in [5.41, 5.74) is 5.77. The number of hydrogen-bond acceptors (Lipinski definition) is 4. The minimum absolute atomic E-state index is 0.0923. The van der Waals surface area contributed by atoms with Crippen LogP contribution in [0, 0.1) is 5.92 Å². The van der Waals surface area contributed by atoms with E-state index in [1.165, 1.54) is 12.8 Å². The Balaban J connectivity index is 1.87. The van der Waals surface area contributed by atoms with Crippen molar-refractivity contribution in [1.82, 2.24) is 21.5 Å². The first-order valence-corrected chi connectivity index (χ1v) is 9.62. The van der Waals surface area contributed by atoms with Gasteiger partial charge in [0.15, 0.2) is 5.11 Å². The highest BCUT2D eigenvalue weighted by atomic mass is 32.1. The molecule has 0 aliphatic heterocycles. The number of methoxy groups -OCH3 is 1. The lowest BCUT2D eigenvalue weighted by Crippen LogP contribution is -2.56. The smallest absolute Gasteiger partial charge is 0.261 e. The number of thiocarbonyl (C=S) groups is 1. The number of benzene rings is 1. The van der Waals surface area contributed by atoms with E-state index >= 15 is 0 Å². The van der Waals surface area contributed by atoms with Crippen molar-refractivity contribution < 1.29 is 14.3 Å². The normalized spacial score (nSPS) is 15.1. The van der Waals surface area contributed by atoms with Crippen molar-refractivity contribution in [3.8, 4) is 5.75 Å². The molecule has 0 spiro atoms. The summed E-state index contributed by atoms with van der Waals surface area (Å²) in [6, 6.07) is 6.38. The third-order valence-corrected chi connectivity index (χ3v) is 4.80. The second-order valence-electron chi connectivity index (χ2n) is 6.99. The molecule has 27 heavy (non-hydrogen) atoms. The average Bonchev–Trinajstić information content (AvgIpc) is 3.16. The zero-order chi connectivity index (χ0) is 19.8. The van der Waals surface area contributed by atoms with Crippen LogP contribution >= 0.6 is 12.2 Å². The molecule has 1 aromatic rings. The summed E-state index contributed by atoms with van der Waals surface area (Å²) in [6.45, 7) is 3.74. The van der Waals surface area contributed by atoms with Gasteiger partial charge in [-0.05, 0) is 55.2 Å². The Labute approximate surface area is 165 Å². The molecule has 0 bridgehead atoms. The lowest BCUT2D eigenvalue weighted by Gasteiger charge is -2.23. The van der Waals surface area contributed by atoms with E-state index in [0.717, 1.165) is 12.8 Å². The number of nitrogens with one attached hydrogen (secondary N) is 4. The Morgan fingerprint density at radius 1 is 1.11 bits per heavy atom. The van der Waals surface area contributed by atoms with E-state index in [9.17, 15) is 9.59 Å². The summed E-state index contributed by atoms with van der Waals surface area (Å²) < 4.78 is 5.09. The van der Waals surface area contributed by atoms with Crippen LogP contribution in [-0.2, 0) is 4.79 Å². The van der Waals surface area contributed by atoms with Gasteiger partial charge in [0.25, 0.3) is 11.8 Å². The van der Waals surface area contributed by atoms with Crippen molar-refractivity contribution in [3.05, 3.63) is 29.8 Å². The zero-order valence-corrected chi connectivity index (χ0v) is 16.8. The Bertz CT molecular complexity index is 657. The summed E-state index contributed by atoms with van der Waals surface area (Å²) in [5.74, 6) is -0.0943. The summed E-state index contributed by atoms with van der Waals surface area (Å²) in [4.78, 5) is 24.9. The van der Waals surface area contributed by atoms with Gasteiger partial charge in [-0.25, -0.2) is 0 Å². The second kappa shape index (κ2) is 10.1. The molecular formula is C19H28N4O3S. The standard InChI is InChI=1S/C19H28N4O3S/c1-12(2)16(21-17(24)13-8-10-15(26-3)11-9-13)18(25)22-23-19(27)20-14-6-4-5-7-14/h8-12,14,16H,4-7H2,1-3H3,(H,21,24)(H,22,25)(H2,20,23,27)/t16-/m0/s1. The van der Waals surface area contributed by atoms with Crippen LogP contribution in [0.5, 0.6) is 5.75 Å². The maximum atomic E-state index is 12.5. The van der Waals surface area contributed by atoms with Crippen LogP contribution in [0.15, 0.2) is 24.3 Å². The van der Waals surface area contributed by atoms with Crippen molar-refractivity contribution >= 4 is 29.1 Å². The van der Waals surface area contributed by atoms with Gasteiger partial charge in [-0.1, -0.05) is 26.7 Å². The third-order valence-electron chi connectivity index (χ3n) is 4.58. The number of amides is 2. The van der Waals surface area contributed by atoms with Crippen molar-refractivity contribution in [3.63, 3.8) is 0 Å². The number of carbonyl (C=O) groups excluding carboxylic acids is 2. The molecule has 0 saturated heterocycles. The molecule has 2 amide bonds. The van der Waals surface area contributed by atoms with E-state index in [1.807, 2.05) is 13.8 Å². The molecule has 7 nitrogen and oxygen atoms in total. The van der Waals surface area contributed by atoms with Gasteiger partial charge in [0.05, 0.1) is 7.11 Å². The largest absolute Gasteiger partial charge is 0.497 e. The molecular weight excluding hydrogens is 364 g/mol. The molecule has 1 aromatic carbocycles. The van der Waals surface area contributed by atoms with E-state index in [1.54, 1.807) is 31.4 Å². The number of carbonyl (C=O) groups is 2. The van der Waals surface area contributed by atoms with Crippen molar-refractivity contribution in [2.75, 3.05) is 7.11 Å². The lowest BCUT2D eigenvalue weighted by atomic mass is 10.0. The van der Waals surface area contributed by atoms with Crippen LogP contribution in [0.4, 0.5) is 0 Å². The van der Waals surface area contributed by atoms with Gasteiger partial charge < -0.3 is 15.4 Å². The van der Waals surface area contributed by atoms with Crippen LogP contribution in [0.3, 0.4) is 0 Å². The number of hydrogen-bond donors (Lipinski definition) is 4. The van der Waals surface area contributed by atoms with E-state index in [2.05, 4.69) is 21.5 Å². The van der Waals surface area contributed by atoms with Gasteiger partial charge in [-0.15, -0.1) is 0 Å². The van der Waals surface area contributed by atoms with Crippen LogP contribution < -0.4 is 26.2 Å². The topological polar surface area (TPSA) is 91.5 Å². The molecule has 1 aliphatic carbocycles. The van der Waals surface area contributed by atoms with Crippen LogP contribution in [0.1, 0.15) is 49.9 Å². The molecule has 1 saturated carbocycles. The highest BCUT2D eigenvalue weighted by Gasteiger charge is 2.25.